The molecule has 0 amide bonds. The summed E-state index contributed by atoms with van der Waals surface area (Å²) in [6, 6.07) is 9.61. The minimum atomic E-state index is 0.551. The molecule has 2 saturated carbocycles. The number of aryl methyl sites for hydroxylation is 1. The number of nitrogens with one attached hydrogen (secondary N) is 1. The Morgan fingerprint density at radius 1 is 1.17 bits per heavy atom. The summed E-state index contributed by atoms with van der Waals surface area (Å²) in [5, 5.41) is 3.52. The van der Waals surface area contributed by atoms with E-state index in [4.69, 9.17) is 0 Å². The molecule has 2 aliphatic carbocycles. The Morgan fingerprint density at radius 3 is 2.50 bits per heavy atom. The van der Waals surface area contributed by atoms with Crippen LogP contribution in [0.3, 0.4) is 0 Å². The van der Waals surface area contributed by atoms with Gasteiger partial charge in [0, 0.05) is 6.04 Å². The van der Waals surface area contributed by atoms with Crippen molar-refractivity contribution in [1.82, 2.24) is 5.32 Å². The molecule has 2 aliphatic rings. The molecule has 1 N–H and O–H groups in total. The van der Waals surface area contributed by atoms with E-state index in [1.165, 1.54) is 43.2 Å². The van der Waals surface area contributed by atoms with Gasteiger partial charge in [0.15, 0.2) is 0 Å². The van der Waals surface area contributed by atoms with Gasteiger partial charge in [-0.15, -0.1) is 0 Å². The zero-order chi connectivity index (χ0) is 12.5. The van der Waals surface area contributed by atoms with Gasteiger partial charge in [-0.2, -0.15) is 0 Å². The van der Waals surface area contributed by atoms with E-state index in [1.54, 1.807) is 0 Å². The van der Waals surface area contributed by atoms with Gasteiger partial charge in [0.2, 0.25) is 0 Å². The second-order valence-corrected chi connectivity index (χ2v) is 6.42. The molecular formula is C17H25N. The second kappa shape index (κ2) is 5.05. The minimum absolute atomic E-state index is 0.551. The molecule has 2 bridgehead atoms. The Bertz CT molecular complexity index is 395. The summed E-state index contributed by atoms with van der Waals surface area (Å²) < 4.78 is 0. The summed E-state index contributed by atoms with van der Waals surface area (Å²) in [6.45, 7) is 2.16. The molecule has 98 valence electrons. The van der Waals surface area contributed by atoms with Crippen LogP contribution in [0.4, 0.5) is 0 Å². The molecule has 1 aromatic rings. The van der Waals surface area contributed by atoms with E-state index < -0.39 is 0 Å². The molecule has 0 aliphatic heterocycles. The lowest BCUT2D eigenvalue weighted by Gasteiger charge is -2.27. The van der Waals surface area contributed by atoms with Crippen molar-refractivity contribution in [3.05, 3.63) is 35.4 Å². The van der Waals surface area contributed by atoms with Gasteiger partial charge in [-0.1, -0.05) is 36.2 Å². The van der Waals surface area contributed by atoms with Gasteiger partial charge < -0.3 is 5.32 Å². The average molecular weight is 243 g/mol. The summed E-state index contributed by atoms with van der Waals surface area (Å²) in [5.74, 6) is 3.08. The monoisotopic (exact) mass is 243 g/mol. The Hall–Kier alpha value is -0.820. The average Bonchev–Trinajstić information content (AvgIpc) is 2.99. The van der Waals surface area contributed by atoms with E-state index in [9.17, 15) is 0 Å². The van der Waals surface area contributed by atoms with Crippen LogP contribution in [0, 0.1) is 24.7 Å². The molecule has 2 fully saturated rings. The molecule has 0 saturated heterocycles. The topological polar surface area (TPSA) is 12.0 Å². The first-order valence-corrected chi connectivity index (χ1v) is 7.50. The quantitative estimate of drug-likeness (QED) is 0.840. The first-order valence-electron chi connectivity index (χ1n) is 7.50. The van der Waals surface area contributed by atoms with Crippen LogP contribution in [0.2, 0.25) is 0 Å². The van der Waals surface area contributed by atoms with Crippen molar-refractivity contribution < 1.29 is 0 Å². The highest BCUT2D eigenvalue weighted by molar-refractivity contribution is 5.24. The first kappa shape index (κ1) is 12.2. The van der Waals surface area contributed by atoms with Crippen LogP contribution < -0.4 is 5.32 Å². The number of hydrogen-bond donors (Lipinski definition) is 1. The second-order valence-electron chi connectivity index (χ2n) is 6.42. The third-order valence-corrected chi connectivity index (χ3v) is 5.25. The van der Waals surface area contributed by atoms with Crippen molar-refractivity contribution in [1.29, 1.82) is 0 Å². The van der Waals surface area contributed by atoms with Gasteiger partial charge in [-0.3, -0.25) is 0 Å². The number of fused-ring (bicyclic) bond motifs is 2. The van der Waals surface area contributed by atoms with Crippen LogP contribution in [0.1, 0.15) is 49.3 Å². The molecule has 18 heavy (non-hydrogen) atoms. The largest absolute Gasteiger partial charge is 0.313 e. The zero-order valence-electron chi connectivity index (χ0n) is 11.7. The molecule has 0 aromatic heterocycles. The molecule has 4 unspecified atom stereocenters. The van der Waals surface area contributed by atoms with Crippen LogP contribution in [-0.4, -0.2) is 7.05 Å². The van der Waals surface area contributed by atoms with Gasteiger partial charge >= 0.3 is 0 Å². The third-order valence-electron chi connectivity index (χ3n) is 5.25. The van der Waals surface area contributed by atoms with Gasteiger partial charge in [0.25, 0.3) is 0 Å². The lowest BCUT2D eigenvalue weighted by molar-refractivity contribution is 0.284. The lowest BCUT2D eigenvalue weighted by Crippen LogP contribution is -2.22. The van der Waals surface area contributed by atoms with Crippen molar-refractivity contribution in [3.8, 4) is 0 Å². The van der Waals surface area contributed by atoms with E-state index in [1.807, 2.05) is 0 Å². The van der Waals surface area contributed by atoms with Crippen molar-refractivity contribution in [2.75, 3.05) is 7.05 Å². The Balaban J connectivity index is 1.67. The van der Waals surface area contributed by atoms with Gasteiger partial charge in [0.1, 0.15) is 0 Å². The van der Waals surface area contributed by atoms with Crippen molar-refractivity contribution in [2.24, 2.45) is 17.8 Å². The maximum Gasteiger partial charge on any atom is 0.0320 e. The summed E-state index contributed by atoms with van der Waals surface area (Å²) in [6.07, 6.45) is 7.36. The summed E-state index contributed by atoms with van der Waals surface area (Å²) in [7, 11) is 2.11. The van der Waals surface area contributed by atoms with Gasteiger partial charge in [0.05, 0.1) is 0 Å². The number of hydrogen-bond acceptors (Lipinski definition) is 1. The summed E-state index contributed by atoms with van der Waals surface area (Å²) in [4.78, 5) is 0. The van der Waals surface area contributed by atoms with Crippen molar-refractivity contribution in [3.63, 3.8) is 0 Å². The molecule has 3 rings (SSSR count). The smallest absolute Gasteiger partial charge is 0.0320 e. The maximum absolute atomic E-state index is 3.52. The van der Waals surface area contributed by atoms with E-state index in [-0.39, 0.29) is 0 Å². The van der Waals surface area contributed by atoms with E-state index in [0.717, 1.165) is 17.8 Å². The number of rotatable bonds is 4. The first-order chi connectivity index (χ1) is 8.76. The highest BCUT2D eigenvalue weighted by atomic mass is 14.9. The third kappa shape index (κ3) is 2.33. The normalized spacial score (nSPS) is 31.8. The van der Waals surface area contributed by atoms with Crippen molar-refractivity contribution >= 4 is 0 Å². The van der Waals surface area contributed by atoms with Crippen LogP contribution in [-0.2, 0) is 0 Å². The number of benzene rings is 1. The van der Waals surface area contributed by atoms with E-state index in [2.05, 4.69) is 43.6 Å². The minimum Gasteiger partial charge on any atom is -0.313 e. The van der Waals surface area contributed by atoms with E-state index >= 15 is 0 Å². The van der Waals surface area contributed by atoms with Crippen molar-refractivity contribution in [2.45, 2.75) is 45.1 Å². The molecule has 0 radical (unpaired) electrons. The van der Waals surface area contributed by atoms with Crippen LogP contribution in [0.15, 0.2) is 24.3 Å². The predicted molar refractivity (Wildman–Crippen MR) is 76.5 cm³/mol. The molecule has 4 atom stereocenters. The molecular weight excluding hydrogens is 218 g/mol. The highest BCUT2D eigenvalue weighted by Gasteiger charge is 2.40. The maximum atomic E-state index is 3.52. The van der Waals surface area contributed by atoms with Crippen LogP contribution in [0.5, 0.6) is 0 Å². The Morgan fingerprint density at radius 2 is 1.94 bits per heavy atom. The molecule has 1 aromatic carbocycles. The fourth-order valence-corrected chi connectivity index (χ4v) is 4.19. The highest BCUT2D eigenvalue weighted by Crippen LogP contribution is 2.50. The predicted octanol–water partition coefficient (Wildman–Crippen LogP) is 4.08. The summed E-state index contributed by atoms with van der Waals surface area (Å²) in [5.41, 5.74) is 2.82. The standard InChI is InChI=1S/C17H25N/c1-12-3-6-14(7-4-12)17(18-2)11-16-10-13-5-8-15(16)9-13/h3-4,6-7,13,15-18H,5,8-11H2,1-2H3. The Kier molecular flexibility index (Phi) is 3.43. The van der Waals surface area contributed by atoms with E-state index in [0.29, 0.717) is 6.04 Å². The molecule has 1 heteroatoms. The van der Waals surface area contributed by atoms with Gasteiger partial charge in [-0.05, 0) is 63.0 Å². The fourth-order valence-electron chi connectivity index (χ4n) is 4.19. The molecule has 0 heterocycles. The van der Waals surface area contributed by atoms with Gasteiger partial charge in [-0.25, -0.2) is 0 Å². The van der Waals surface area contributed by atoms with Crippen LogP contribution in [0.25, 0.3) is 0 Å². The zero-order valence-corrected chi connectivity index (χ0v) is 11.7. The molecule has 1 nitrogen and oxygen atoms in total. The molecule has 0 spiro atoms. The summed E-state index contributed by atoms with van der Waals surface area (Å²) >= 11 is 0. The lowest BCUT2D eigenvalue weighted by atomic mass is 9.83. The van der Waals surface area contributed by atoms with Crippen LogP contribution >= 0.6 is 0 Å². The SMILES string of the molecule is CNC(CC1CC2CCC1C2)c1ccc(C)cc1. The Labute approximate surface area is 111 Å². The fraction of sp³-hybridized carbons (Fsp3) is 0.647.